The van der Waals surface area contributed by atoms with E-state index >= 15 is 0 Å². The molecule has 9 heteroatoms. The molecule has 0 bridgehead atoms. The molecule has 2 atom stereocenters. The average Bonchev–Trinajstić information content (AvgIpc) is 3.37. The minimum absolute atomic E-state index is 0.113. The number of aromatic amines is 1. The van der Waals surface area contributed by atoms with E-state index in [2.05, 4.69) is 31.8 Å². The molecule has 1 N–H and O–H groups in total. The van der Waals surface area contributed by atoms with Crippen molar-refractivity contribution in [3.8, 4) is 0 Å². The van der Waals surface area contributed by atoms with Gasteiger partial charge in [-0.1, -0.05) is 6.92 Å². The molecule has 158 valence electrons. The third-order valence-corrected chi connectivity index (χ3v) is 6.40. The maximum Gasteiger partial charge on any atom is 0.276 e. The quantitative estimate of drug-likeness (QED) is 0.679. The summed E-state index contributed by atoms with van der Waals surface area (Å²) in [6.07, 6.45) is 9.69. The highest BCUT2D eigenvalue weighted by Crippen LogP contribution is 2.31. The lowest BCUT2D eigenvalue weighted by Crippen LogP contribution is -2.25. The largest absolute Gasteiger partial charge is 0.381 e. The minimum Gasteiger partial charge on any atom is -0.381 e. The van der Waals surface area contributed by atoms with Crippen molar-refractivity contribution in [3.05, 3.63) is 52.5 Å². The summed E-state index contributed by atoms with van der Waals surface area (Å²) in [5, 5.41) is 4.87. The smallest absolute Gasteiger partial charge is 0.276 e. The molecule has 2 aliphatic heterocycles. The Bertz CT molecular complexity index is 1060. The molecule has 5 heterocycles. The zero-order valence-corrected chi connectivity index (χ0v) is 17.2. The van der Waals surface area contributed by atoms with Crippen molar-refractivity contribution in [2.75, 3.05) is 32.8 Å². The fourth-order valence-electron chi connectivity index (χ4n) is 4.69. The van der Waals surface area contributed by atoms with Crippen LogP contribution >= 0.6 is 0 Å². The van der Waals surface area contributed by atoms with Gasteiger partial charge in [0.15, 0.2) is 5.52 Å². The first kappa shape index (κ1) is 19.3. The molecular formula is C21H27N7O2. The first-order chi connectivity index (χ1) is 14.7. The number of aromatic nitrogens is 6. The second-order valence-electron chi connectivity index (χ2n) is 8.48. The van der Waals surface area contributed by atoms with Crippen LogP contribution in [0.2, 0.25) is 0 Å². The molecule has 3 aromatic heterocycles. The minimum atomic E-state index is -0.113. The predicted molar refractivity (Wildman–Crippen MR) is 110 cm³/mol. The van der Waals surface area contributed by atoms with Crippen molar-refractivity contribution in [2.24, 2.45) is 5.92 Å². The maximum atomic E-state index is 12.7. The normalized spacial score (nSPS) is 23.4. The Morgan fingerprint density at radius 1 is 1.17 bits per heavy atom. The van der Waals surface area contributed by atoms with Crippen molar-refractivity contribution < 1.29 is 4.74 Å². The van der Waals surface area contributed by atoms with Gasteiger partial charge in [0.05, 0.1) is 6.20 Å². The third-order valence-electron chi connectivity index (χ3n) is 6.40. The summed E-state index contributed by atoms with van der Waals surface area (Å²) in [5.74, 6) is 2.53. The Hall–Kier alpha value is -2.65. The van der Waals surface area contributed by atoms with Gasteiger partial charge in [-0.2, -0.15) is 5.10 Å². The van der Waals surface area contributed by atoms with Gasteiger partial charge in [-0.05, 0) is 30.7 Å². The highest BCUT2D eigenvalue weighted by Gasteiger charge is 2.33. The summed E-state index contributed by atoms with van der Waals surface area (Å²) in [6, 6.07) is 0. The summed E-state index contributed by atoms with van der Waals surface area (Å²) in [7, 11) is 0. The van der Waals surface area contributed by atoms with Gasteiger partial charge in [0, 0.05) is 57.1 Å². The second kappa shape index (κ2) is 8.23. The van der Waals surface area contributed by atoms with E-state index in [-0.39, 0.29) is 17.4 Å². The van der Waals surface area contributed by atoms with Crippen LogP contribution in [-0.4, -0.2) is 67.3 Å². The SMILES string of the molecule is CC1CN(CCc2cncnc2)CC1c1nn2c(C3CCOCC3)ncc2c(=O)[nH]1. The van der Waals surface area contributed by atoms with Gasteiger partial charge >= 0.3 is 0 Å². The molecule has 0 amide bonds. The number of hydrogen-bond acceptors (Lipinski definition) is 7. The Morgan fingerprint density at radius 2 is 1.97 bits per heavy atom. The summed E-state index contributed by atoms with van der Waals surface area (Å²) in [4.78, 5) is 30.9. The summed E-state index contributed by atoms with van der Waals surface area (Å²) < 4.78 is 7.26. The van der Waals surface area contributed by atoms with E-state index in [1.165, 1.54) is 0 Å². The van der Waals surface area contributed by atoms with E-state index in [1.54, 1.807) is 17.0 Å². The topological polar surface area (TPSA) is 101 Å². The molecule has 2 aliphatic rings. The highest BCUT2D eigenvalue weighted by molar-refractivity contribution is 5.42. The predicted octanol–water partition coefficient (Wildman–Crippen LogP) is 1.38. The average molecular weight is 409 g/mol. The number of likely N-dealkylation sites (tertiary alicyclic amines) is 1. The van der Waals surface area contributed by atoms with Gasteiger partial charge < -0.3 is 14.6 Å². The van der Waals surface area contributed by atoms with Crippen molar-refractivity contribution in [2.45, 2.75) is 38.0 Å². The summed E-state index contributed by atoms with van der Waals surface area (Å²) >= 11 is 0. The molecule has 0 spiro atoms. The van der Waals surface area contributed by atoms with Gasteiger partial charge in [0.25, 0.3) is 5.56 Å². The third kappa shape index (κ3) is 3.75. The number of nitrogens with zero attached hydrogens (tertiary/aromatic N) is 6. The molecule has 0 radical (unpaired) electrons. The standard InChI is InChI=1S/C21H27N7O2/c1-14-11-27(5-2-15-8-22-13-23-9-15)12-17(14)19-25-21(29)18-10-24-20(28(18)26-19)16-3-6-30-7-4-16/h8-10,13-14,16-17H,2-7,11-12H2,1H3,(H,25,26,29). The maximum absolute atomic E-state index is 12.7. The molecule has 9 nitrogen and oxygen atoms in total. The van der Waals surface area contributed by atoms with Gasteiger partial charge in [-0.25, -0.2) is 19.5 Å². The molecule has 3 aromatic rings. The summed E-state index contributed by atoms with van der Waals surface area (Å²) in [5.41, 5.74) is 1.55. The van der Waals surface area contributed by atoms with E-state index in [0.29, 0.717) is 11.4 Å². The fourth-order valence-corrected chi connectivity index (χ4v) is 4.69. The highest BCUT2D eigenvalue weighted by atomic mass is 16.5. The first-order valence-corrected chi connectivity index (χ1v) is 10.7. The van der Waals surface area contributed by atoms with Gasteiger partial charge in [-0.3, -0.25) is 4.79 Å². The van der Waals surface area contributed by atoms with Crippen molar-refractivity contribution in [1.82, 2.24) is 34.4 Å². The fraction of sp³-hybridized carbons (Fsp3) is 0.571. The lowest BCUT2D eigenvalue weighted by Gasteiger charge is -2.21. The van der Waals surface area contributed by atoms with Gasteiger partial charge in [0.2, 0.25) is 0 Å². The van der Waals surface area contributed by atoms with Crippen LogP contribution in [0.3, 0.4) is 0 Å². The van der Waals surface area contributed by atoms with Crippen molar-refractivity contribution in [3.63, 3.8) is 0 Å². The number of imidazole rings is 1. The molecule has 2 saturated heterocycles. The monoisotopic (exact) mass is 409 g/mol. The van der Waals surface area contributed by atoms with E-state index in [4.69, 9.17) is 9.84 Å². The van der Waals surface area contributed by atoms with Gasteiger partial charge in [-0.15, -0.1) is 0 Å². The van der Waals surface area contributed by atoms with E-state index in [1.807, 2.05) is 12.4 Å². The molecule has 5 rings (SSSR count). The Kier molecular flexibility index (Phi) is 5.30. The Balaban J connectivity index is 1.36. The van der Waals surface area contributed by atoms with E-state index in [9.17, 15) is 4.79 Å². The van der Waals surface area contributed by atoms with Crippen LogP contribution < -0.4 is 5.56 Å². The Morgan fingerprint density at radius 3 is 2.77 bits per heavy atom. The van der Waals surface area contributed by atoms with Crippen LogP contribution in [0, 0.1) is 5.92 Å². The molecule has 2 unspecified atom stereocenters. The number of hydrogen-bond donors (Lipinski definition) is 1. The van der Waals surface area contributed by atoms with Crippen molar-refractivity contribution >= 4 is 5.52 Å². The van der Waals surface area contributed by atoms with Crippen LogP contribution in [0.4, 0.5) is 0 Å². The number of rotatable bonds is 5. The summed E-state index contributed by atoms with van der Waals surface area (Å²) in [6.45, 7) is 6.50. The molecular weight excluding hydrogens is 382 g/mol. The van der Waals surface area contributed by atoms with E-state index in [0.717, 1.165) is 69.3 Å². The van der Waals surface area contributed by atoms with Crippen LogP contribution in [0.1, 0.15) is 48.8 Å². The van der Waals surface area contributed by atoms with Crippen LogP contribution in [0.15, 0.2) is 29.7 Å². The van der Waals surface area contributed by atoms with Crippen LogP contribution in [0.5, 0.6) is 0 Å². The number of fused-ring (bicyclic) bond motifs is 1. The van der Waals surface area contributed by atoms with Crippen LogP contribution in [0.25, 0.3) is 5.52 Å². The lowest BCUT2D eigenvalue weighted by molar-refractivity contribution is 0.0832. The molecule has 2 fully saturated rings. The zero-order chi connectivity index (χ0) is 20.5. The first-order valence-electron chi connectivity index (χ1n) is 10.7. The Labute approximate surface area is 174 Å². The van der Waals surface area contributed by atoms with Crippen molar-refractivity contribution in [1.29, 1.82) is 0 Å². The van der Waals surface area contributed by atoms with Crippen LogP contribution in [-0.2, 0) is 11.2 Å². The molecule has 0 saturated carbocycles. The van der Waals surface area contributed by atoms with E-state index < -0.39 is 0 Å². The molecule has 30 heavy (non-hydrogen) atoms. The molecule has 0 aliphatic carbocycles. The zero-order valence-electron chi connectivity index (χ0n) is 17.2. The number of H-pyrrole nitrogens is 1. The lowest BCUT2D eigenvalue weighted by atomic mass is 9.97. The van der Waals surface area contributed by atoms with Gasteiger partial charge in [0.1, 0.15) is 18.0 Å². The number of ether oxygens (including phenoxy) is 1. The second-order valence-corrected chi connectivity index (χ2v) is 8.48. The number of nitrogens with one attached hydrogen (secondary N) is 1. The molecule has 0 aromatic carbocycles.